The first kappa shape index (κ1) is 13.4. The fourth-order valence-corrected chi connectivity index (χ4v) is 2.36. The van der Waals surface area contributed by atoms with Gasteiger partial charge < -0.3 is 4.74 Å². The first-order valence-electron chi connectivity index (χ1n) is 4.54. The lowest BCUT2D eigenvalue weighted by molar-refractivity contribution is -0.137. The van der Waals surface area contributed by atoms with Crippen LogP contribution in [0.5, 0.6) is 0 Å². The van der Waals surface area contributed by atoms with Gasteiger partial charge in [-0.3, -0.25) is 0 Å². The Kier molecular flexibility index (Phi) is 5.15. The van der Waals surface area contributed by atoms with Crippen molar-refractivity contribution in [2.24, 2.45) is 0 Å². The Morgan fingerprint density at radius 1 is 1.50 bits per heavy atom. The molecule has 16 heavy (non-hydrogen) atoms. The number of halogens is 3. The maximum absolute atomic E-state index is 13.5. The molecule has 1 aromatic rings. The zero-order chi connectivity index (χ0) is 12.1. The Bertz CT molecular complexity index is 407. The summed E-state index contributed by atoms with van der Waals surface area (Å²) in [6, 6.07) is 3.03. The van der Waals surface area contributed by atoms with Gasteiger partial charge in [0.05, 0.1) is 6.61 Å². The summed E-state index contributed by atoms with van der Waals surface area (Å²) in [4.78, 5) is 11.0. The standard InChI is InChI=1S/C11H9Br2FO2/c1-2-16-11(15)4-3-8-9(13)5-7(12)6-10(8)14/h3-6H,2H2,1H3. The van der Waals surface area contributed by atoms with Crippen LogP contribution >= 0.6 is 31.9 Å². The van der Waals surface area contributed by atoms with Gasteiger partial charge in [0.1, 0.15) is 5.82 Å². The molecule has 0 aromatic heterocycles. The van der Waals surface area contributed by atoms with Gasteiger partial charge in [0.15, 0.2) is 0 Å². The number of rotatable bonds is 3. The number of hydrogen-bond acceptors (Lipinski definition) is 2. The van der Waals surface area contributed by atoms with E-state index in [9.17, 15) is 9.18 Å². The smallest absolute Gasteiger partial charge is 0.330 e. The molecule has 0 saturated heterocycles. The summed E-state index contributed by atoms with van der Waals surface area (Å²) in [7, 11) is 0. The molecule has 0 N–H and O–H groups in total. The minimum Gasteiger partial charge on any atom is -0.463 e. The summed E-state index contributed by atoms with van der Waals surface area (Å²) in [6.45, 7) is 2.01. The van der Waals surface area contributed by atoms with Crippen molar-refractivity contribution in [2.45, 2.75) is 6.92 Å². The predicted octanol–water partition coefficient (Wildman–Crippen LogP) is 3.93. The largest absolute Gasteiger partial charge is 0.463 e. The third kappa shape index (κ3) is 3.72. The molecular weight excluding hydrogens is 343 g/mol. The fraction of sp³-hybridized carbons (Fsp3) is 0.182. The molecule has 0 aliphatic rings. The van der Waals surface area contributed by atoms with Gasteiger partial charge in [-0.2, -0.15) is 0 Å². The van der Waals surface area contributed by atoms with Crippen LogP contribution in [0, 0.1) is 5.82 Å². The molecule has 0 atom stereocenters. The topological polar surface area (TPSA) is 26.3 Å². The van der Waals surface area contributed by atoms with Crippen molar-refractivity contribution in [3.05, 3.63) is 38.5 Å². The van der Waals surface area contributed by atoms with Gasteiger partial charge in [0, 0.05) is 20.6 Å². The van der Waals surface area contributed by atoms with Crippen LogP contribution in [-0.2, 0) is 9.53 Å². The zero-order valence-electron chi connectivity index (χ0n) is 8.47. The van der Waals surface area contributed by atoms with Gasteiger partial charge in [-0.15, -0.1) is 0 Å². The van der Waals surface area contributed by atoms with Gasteiger partial charge >= 0.3 is 5.97 Å². The Hall–Kier alpha value is -0.680. The molecule has 0 fully saturated rings. The van der Waals surface area contributed by atoms with E-state index >= 15 is 0 Å². The molecule has 1 aromatic carbocycles. The van der Waals surface area contributed by atoms with Crippen molar-refractivity contribution >= 4 is 43.9 Å². The quantitative estimate of drug-likeness (QED) is 0.609. The lowest BCUT2D eigenvalue weighted by Gasteiger charge is -2.02. The Morgan fingerprint density at radius 3 is 2.75 bits per heavy atom. The maximum Gasteiger partial charge on any atom is 0.330 e. The van der Waals surface area contributed by atoms with Gasteiger partial charge in [0.2, 0.25) is 0 Å². The molecule has 0 amide bonds. The number of carbonyl (C=O) groups is 1. The molecule has 0 spiro atoms. The minimum absolute atomic E-state index is 0.299. The lowest BCUT2D eigenvalue weighted by Crippen LogP contribution is -1.99. The van der Waals surface area contributed by atoms with Gasteiger partial charge in [-0.1, -0.05) is 31.9 Å². The molecule has 0 saturated carbocycles. The van der Waals surface area contributed by atoms with Crippen LogP contribution in [0.2, 0.25) is 0 Å². The predicted molar refractivity (Wildman–Crippen MR) is 67.5 cm³/mol. The molecule has 0 bridgehead atoms. The monoisotopic (exact) mass is 350 g/mol. The highest BCUT2D eigenvalue weighted by Gasteiger charge is 2.06. The van der Waals surface area contributed by atoms with Crippen molar-refractivity contribution in [2.75, 3.05) is 6.61 Å². The fourth-order valence-electron chi connectivity index (χ4n) is 1.05. The van der Waals surface area contributed by atoms with Crippen molar-refractivity contribution < 1.29 is 13.9 Å². The molecule has 0 heterocycles. The Labute approximate surface area is 110 Å². The Balaban J connectivity index is 2.93. The van der Waals surface area contributed by atoms with Crippen molar-refractivity contribution in [3.8, 4) is 0 Å². The number of hydrogen-bond donors (Lipinski definition) is 0. The van der Waals surface area contributed by atoms with E-state index in [4.69, 9.17) is 4.74 Å². The molecule has 0 radical (unpaired) electrons. The molecule has 0 unspecified atom stereocenters. The summed E-state index contributed by atoms with van der Waals surface area (Å²) in [5, 5.41) is 0. The van der Waals surface area contributed by atoms with E-state index in [2.05, 4.69) is 31.9 Å². The highest BCUT2D eigenvalue weighted by atomic mass is 79.9. The molecule has 0 aliphatic heterocycles. The second-order valence-electron chi connectivity index (χ2n) is 2.87. The maximum atomic E-state index is 13.5. The molecule has 2 nitrogen and oxygen atoms in total. The van der Waals surface area contributed by atoms with E-state index in [0.717, 1.165) is 0 Å². The van der Waals surface area contributed by atoms with Crippen LogP contribution in [0.4, 0.5) is 4.39 Å². The Morgan fingerprint density at radius 2 is 2.19 bits per heavy atom. The third-order valence-corrected chi connectivity index (χ3v) is 2.83. The SMILES string of the molecule is CCOC(=O)C=Cc1c(F)cc(Br)cc1Br. The van der Waals surface area contributed by atoms with Crippen LogP contribution in [0.3, 0.4) is 0 Å². The first-order valence-corrected chi connectivity index (χ1v) is 6.12. The van der Waals surface area contributed by atoms with Gasteiger partial charge in [-0.05, 0) is 25.1 Å². The van der Waals surface area contributed by atoms with Crippen molar-refractivity contribution in [1.82, 2.24) is 0 Å². The molecule has 1 rings (SSSR count). The van der Waals surface area contributed by atoms with Crippen LogP contribution in [0.1, 0.15) is 12.5 Å². The van der Waals surface area contributed by atoms with Gasteiger partial charge in [0.25, 0.3) is 0 Å². The van der Waals surface area contributed by atoms with Crippen LogP contribution < -0.4 is 0 Å². The normalized spacial score (nSPS) is 10.8. The summed E-state index contributed by atoms with van der Waals surface area (Å²) in [5.41, 5.74) is 0.316. The number of esters is 1. The van der Waals surface area contributed by atoms with E-state index < -0.39 is 11.8 Å². The number of carbonyl (C=O) groups excluding carboxylic acids is 1. The molecule has 5 heteroatoms. The second kappa shape index (κ2) is 6.15. The second-order valence-corrected chi connectivity index (χ2v) is 4.64. The average Bonchev–Trinajstić information content (AvgIpc) is 2.16. The van der Waals surface area contributed by atoms with E-state index in [1.54, 1.807) is 13.0 Å². The van der Waals surface area contributed by atoms with E-state index in [1.165, 1.54) is 18.2 Å². The molecule has 0 aliphatic carbocycles. The minimum atomic E-state index is -0.489. The summed E-state index contributed by atoms with van der Waals surface area (Å²) >= 11 is 6.38. The van der Waals surface area contributed by atoms with Crippen LogP contribution in [0.25, 0.3) is 6.08 Å². The van der Waals surface area contributed by atoms with E-state index in [1.807, 2.05) is 0 Å². The van der Waals surface area contributed by atoms with E-state index in [0.29, 0.717) is 21.1 Å². The van der Waals surface area contributed by atoms with Crippen molar-refractivity contribution in [3.63, 3.8) is 0 Å². The van der Waals surface area contributed by atoms with Crippen LogP contribution in [0.15, 0.2) is 27.2 Å². The summed E-state index contributed by atoms with van der Waals surface area (Å²) in [6.07, 6.45) is 2.57. The highest BCUT2D eigenvalue weighted by Crippen LogP contribution is 2.26. The van der Waals surface area contributed by atoms with Crippen LogP contribution in [-0.4, -0.2) is 12.6 Å². The molecule has 86 valence electrons. The first-order chi connectivity index (χ1) is 7.54. The zero-order valence-corrected chi connectivity index (χ0v) is 11.6. The number of benzene rings is 1. The summed E-state index contributed by atoms with van der Waals surface area (Å²) in [5.74, 6) is -0.904. The van der Waals surface area contributed by atoms with E-state index in [-0.39, 0.29) is 0 Å². The van der Waals surface area contributed by atoms with Gasteiger partial charge in [-0.25, -0.2) is 9.18 Å². The van der Waals surface area contributed by atoms with Crippen molar-refractivity contribution in [1.29, 1.82) is 0 Å². The molecular formula is C11H9Br2FO2. The number of ether oxygens (including phenoxy) is 1. The highest BCUT2D eigenvalue weighted by molar-refractivity contribution is 9.11. The summed E-state index contributed by atoms with van der Waals surface area (Å²) < 4.78 is 19.4. The third-order valence-electron chi connectivity index (χ3n) is 1.72. The average molecular weight is 352 g/mol. The lowest BCUT2D eigenvalue weighted by atomic mass is 10.2.